The summed E-state index contributed by atoms with van der Waals surface area (Å²) in [5.41, 5.74) is 1.57. The molecule has 0 aliphatic carbocycles. The number of halogens is 3. The maximum Gasteiger partial charge on any atom is 0.387 e. The van der Waals surface area contributed by atoms with E-state index in [1.807, 2.05) is 12.1 Å². The number of carbonyl (C=O) groups is 1. The van der Waals surface area contributed by atoms with Crippen LogP contribution in [0.2, 0.25) is 5.02 Å². The van der Waals surface area contributed by atoms with Gasteiger partial charge in [-0.25, -0.2) is 0 Å². The first-order chi connectivity index (χ1) is 12.4. The molecule has 138 valence electrons. The molecule has 0 bridgehead atoms. The van der Waals surface area contributed by atoms with Crippen molar-refractivity contribution in [2.24, 2.45) is 0 Å². The second-order valence-corrected chi connectivity index (χ2v) is 5.88. The standard InChI is InChI=1S/C19H18ClF2NO3/c1-23(12-14-3-7-15(20)8-4-14)18(24)10-6-13-5-9-16(26-19(21)22)17(11-13)25-2/h3-11,19H,12H2,1-2H3/b10-6+. The molecule has 4 nitrogen and oxygen atoms in total. The van der Waals surface area contributed by atoms with Crippen LogP contribution in [0.15, 0.2) is 48.5 Å². The topological polar surface area (TPSA) is 38.8 Å². The highest BCUT2D eigenvalue weighted by Gasteiger charge is 2.11. The highest BCUT2D eigenvalue weighted by molar-refractivity contribution is 6.30. The third-order valence-electron chi connectivity index (χ3n) is 3.53. The molecule has 26 heavy (non-hydrogen) atoms. The monoisotopic (exact) mass is 381 g/mol. The molecule has 2 aromatic rings. The van der Waals surface area contributed by atoms with Crippen molar-refractivity contribution in [3.05, 3.63) is 64.7 Å². The molecule has 0 N–H and O–H groups in total. The molecular formula is C19H18ClF2NO3. The molecule has 0 unspecified atom stereocenters. The summed E-state index contributed by atoms with van der Waals surface area (Å²) in [5.74, 6) is -0.105. The summed E-state index contributed by atoms with van der Waals surface area (Å²) in [6, 6.07) is 11.7. The fraction of sp³-hybridized carbons (Fsp3) is 0.211. The number of ether oxygens (including phenoxy) is 2. The Balaban J connectivity index is 2.03. The molecule has 0 aromatic heterocycles. The average Bonchev–Trinajstić information content (AvgIpc) is 2.62. The SMILES string of the molecule is COc1cc(/C=C/C(=O)N(C)Cc2ccc(Cl)cc2)ccc1OC(F)F. The van der Waals surface area contributed by atoms with Crippen LogP contribution in [0.25, 0.3) is 6.08 Å². The van der Waals surface area contributed by atoms with E-state index in [-0.39, 0.29) is 17.4 Å². The van der Waals surface area contributed by atoms with Gasteiger partial charge in [-0.1, -0.05) is 29.8 Å². The summed E-state index contributed by atoms with van der Waals surface area (Å²) in [5, 5.41) is 0.635. The zero-order valence-corrected chi connectivity index (χ0v) is 15.0. The van der Waals surface area contributed by atoms with Crippen molar-refractivity contribution in [1.29, 1.82) is 0 Å². The third kappa shape index (κ3) is 5.74. The Bertz CT molecular complexity index is 779. The van der Waals surface area contributed by atoms with Gasteiger partial charge in [-0.2, -0.15) is 8.78 Å². The normalized spacial score (nSPS) is 11.0. The van der Waals surface area contributed by atoms with Gasteiger partial charge in [0.25, 0.3) is 0 Å². The van der Waals surface area contributed by atoms with Crippen LogP contribution in [-0.2, 0) is 11.3 Å². The quantitative estimate of drug-likeness (QED) is 0.657. The Labute approximate surface area is 155 Å². The van der Waals surface area contributed by atoms with E-state index in [9.17, 15) is 13.6 Å². The molecule has 0 radical (unpaired) electrons. The van der Waals surface area contributed by atoms with E-state index in [4.69, 9.17) is 16.3 Å². The van der Waals surface area contributed by atoms with Crippen LogP contribution in [0.4, 0.5) is 8.78 Å². The van der Waals surface area contributed by atoms with Crippen molar-refractivity contribution in [1.82, 2.24) is 4.90 Å². The summed E-state index contributed by atoms with van der Waals surface area (Å²) < 4.78 is 34.1. The summed E-state index contributed by atoms with van der Waals surface area (Å²) in [7, 11) is 3.04. The largest absolute Gasteiger partial charge is 0.493 e. The van der Waals surface area contributed by atoms with E-state index in [2.05, 4.69) is 4.74 Å². The zero-order valence-electron chi connectivity index (χ0n) is 14.3. The van der Waals surface area contributed by atoms with Crippen molar-refractivity contribution in [3.63, 3.8) is 0 Å². The van der Waals surface area contributed by atoms with Crippen molar-refractivity contribution in [3.8, 4) is 11.5 Å². The van der Waals surface area contributed by atoms with Gasteiger partial charge in [0.15, 0.2) is 11.5 Å². The number of nitrogens with zero attached hydrogens (tertiary/aromatic N) is 1. The predicted octanol–water partition coefficient (Wildman–Crippen LogP) is 4.62. The minimum Gasteiger partial charge on any atom is -0.493 e. The highest BCUT2D eigenvalue weighted by atomic mass is 35.5. The zero-order chi connectivity index (χ0) is 19.1. The van der Waals surface area contributed by atoms with Crippen molar-refractivity contribution in [2.75, 3.05) is 14.2 Å². The van der Waals surface area contributed by atoms with Crippen LogP contribution >= 0.6 is 11.6 Å². The second kappa shape index (κ2) is 9.20. The van der Waals surface area contributed by atoms with E-state index < -0.39 is 6.61 Å². The number of amides is 1. The van der Waals surface area contributed by atoms with Crippen LogP contribution in [0, 0.1) is 0 Å². The lowest BCUT2D eigenvalue weighted by Crippen LogP contribution is -2.24. The molecule has 1 amide bonds. The van der Waals surface area contributed by atoms with E-state index in [0.717, 1.165) is 5.56 Å². The van der Waals surface area contributed by atoms with Gasteiger partial charge in [-0.05, 0) is 41.5 Å². The Morgan fingerprint density at radius 2 is 1.88 bits per heavy atom. The van der Waals surface area contributed by atoms with Crippen LogP contribution in [-0.4, -0.2) is 31.6 Å². The highest BCUT2D eigenvalue weighted by Crippen LogP contribution is 2.29. The molecule has 0 saturated heterocycles. The number of rotatable bonds is 7. The molecule has 0 fully saturated rings. The summed E-state index contributed by atoms with van der Waals surface area (Å²) in [4.78, 5) is 13.8. The predicted molar refractivity (Wildman–Crippen MR) is 96.6 cm³/mol. The Hall–Kier alpha value is -2.60. The minimum absolute atomic E-state index is 0.0640. The number of likely N-dealkylation sites (N-methyl/N-ethyl adjacent to an activating group) is 1. The van der Waals surface area contributed by atoms with Gasteiger partial charge in [0, 0.05) is 24.7 Å². The van der Waals surface area contributed by atoms with Crippen LogP contribution < -0.4 is 9.47 Å². The minimum atomic E-state index is -2.94. The van der Waals surface area contributed by atoms with Crippen LogP contribution in [0.5, 0.6) is 11.5 Å². The maximum absolute atomic E-state index is 12.3. The lowest BCUT2D eigenvalue weighted by molar-refractivity contribution is -0.125. The van der Waals surface area contributed by atoms with Crippen molar-refractivity contribution >= 4 is 23.6 Å². The van der Waals surface area contributed by atoms with Crippen LogP contribution in [0.3, 0.4) is 0 Å². The molecule has 0 heterocycles. The van der Waals surface area contributed by atoms with Gasteiger partial charge >= 0.3 is 6.61 Å². The smallest absolute Gasteiger partial charge is 0.387 e. The van der Waals surface area contributed by atoms with Gasteiger partial charge in [0.05, 0.1) is 7.11 Å². The molecule has 7 heteroatoms. The van der Waals surface area contributed by atoms with Crippen molar-refractivity contribution in [2.45, 2.75) is 13.2 Å². The molecule has 2 rings (SSSR count). The first-order valence-electron chi connectivity index (χ1n) is 7.69. The number of benzene rings is 2. The lowest BCUT2D eigenvalue weighted by atomic mass is 10.1. The Morgan fingerprint density at radius 3 is 2.50 bits per heavy atom. The Kier molecular flexibility index (Phi) is 6.97. The van der Waals surface area contributed by atoms with Gasteiger partial charge in [0.2, 0.25) is 5.91 Å². The number of carbonyl (C=O) groups excluding carboxylic acids is 1. The molecule has 0 atom stereocenters. The van der Waals surface area contributed by atoms with Crippen molar-refractivity contribution < 1.29 is 23.0 Å². The number of hydrogen-bond donors (Lipinski definition) is 0. The van der Waals surface area contributed by atoms with Gasteiger partial charge < -0.3 is 14.4 Å². The molecule has 0 aliphatic rings. The first kappa shape index (κ1) is 19.7. The third-order valence-corrected chi connectivity index (χ3v) is 3.78. The first-order valence-corrected chi connectivity index (χ1v) is 8.07. The van der Waals surface area contributed by atoms with Gasteiger partial charge in [-0.3, -0.25) is 4.79 Å². The summed E-state index contributed by atoms with van der Waals surface area (Å²) in [6.45, 7) is -2.50. The number of methoxy groups -OCH3 is 1. The van der Waals surface area contributed by atoms with E-state index in [0.29, 0.717) is 17.1 Å². The molecule has 0 aliphatic heterocycles. The van der Waals surface area contributed by atoms with Gasteiger partial charge in [-0.15, -0.1) is 0 Å². The fourth-order valence-electron chi connectivity index (χ4n) is 2.22. The van der Waals surface area contributed by atoms with Crippen LogP contribution in [0.1, 0.15) is 11.1 Å². The lowest BCUT2D eigenvalue weighted by Gasteiger charge is -2.15. The molecule has 0 spiro atoms. The number of alkyl halides is 2. The van der Waals surface area contributed by atoms with Gasteiger partial charge in [0.1, 0.15) is 0 Å². The van der Waals surface area contributed by atoms with E-state index in [1.165, 1.54) is 25.3 Å². The molecule has 2 aromatic carbocycles. The molecular weight excluding hydrogens is 364 g/mol. The number of hydrogen-bond acceptors (Lipinski definition) is 3. The van der Waals surface area contributed by atoms with E-state index in [1.54, 1.807) is 36.2 Å². The second-order valence-electron chi connectivity index (χ2n) is 5.44. The average molecular weight is 382 g/mol. The maximum atomic E-state index is 12.3. The Morgan fingerprint density at radius 1 is 1.19 bits per heavy atom. The fourth-order valence-corrected chi connectivity index (χ4v) is 2.34. The molecule has 0 saturated carbocycles. The summed E-state index contributed by atoms with van der Waals surface area (Å²) in [6.07, 6.45) is 2.98. The summed E-state index contributed by atoms with van der Waals surface area (Å²) >= 11 is 5.84. The van der Waals surface area contributed by atoms with E-state index >= 15 is 0 Å².